The molecule has 1 N–H and O–H groups in total. The Morgan fingerprint density at radius 1 is 0.944 bits per heavy atom. The molecule has 1 saturated heterocycles. The molecule has 0 atom stereocenters. The average molecular weight is 477 g/mol. The van der Waals surface area contributed by atoms with E-state index in [0.717, 1.165) is 34.6 Å². The normalized spacial score (nSPS) is 15.3. The molecule has 36 heavy (non-hydrogen) atoms. The van der Waals surface area contributed by atoms with Crippen LogP contribution in [0.25, 0.3) is 39.8 Å². The van der Waals surface area contributed by atoms with Crippen molar-refractivity contribution < 1.29 is 14.3 Å². The molecule has 0 saturated carbocycles. The molecule has 1 fully saturated rings. The fourth-order valence-electron chi connectivity index (χ4n) is 5.20. The Labute approximate surface area is 210 Å². The van der Waals surface area contributed by atoms with Crippen LogP contribution in [-0.4, -0.2) is 29.1 Å². The summed E-state index contributed by atoms with van der Waals surface area (Å²) < 4.78 is 6.48. The van der Waals surface area contributed by atoms with E-state index >= 15 is 0 Å². The lowest BCUT2D eigenvalue weighted by atomic mass is 9.97. The SMILES string of the molecule is Cc1ccc(-c2ccc(-c3nc(N4CCC(C(=O)O)CC4)oc3-c3cccc4c3C=CC4)cc2)cc1. The molecule has 180 valence electrons. The minimum atomic E-state index is -0.719. The Morgan fingerprint density at radius 2 is 1.61 bits per heavy atom. The van der Waals surface area contributed by atoms with E-state index in [-0.39, 0.29) is 5.92 Å². The number of carboxylic acid groups (broad SMARTS) is 1. The van der Waals surface area contributed by atoms with E-state index in [4.69, 9.17) is 9.40 Å². The van der Waals surface area contributed by atoms with Crippen molar-refractivity contribution in [3.05, 3.63) is 89.5 Å². The van der Waals surface area contributed by atoms with Gasteiger partial charge in [0, 0.05) is 24.2 Å². The van der Waals surface area contributed by atoms with E-state index in [2.05, 4.69) is 90.7 Å². The lowest BCUT2D eigenvalue weighted by Gasteiger charge is -2.28. The van der Waals surface area contributed by atoms with Crippen molar-refractivity contribution in [3.8, 4) is 33.7 Å². The summed E-state index contributed by atoms with van der Waals surface area (Å²) in [6.45, 7) is 3.33. The van der Waals surface area contributed by atoms with Crippen LogP contribution in [0.1, 0.15) is 29.5 Å². The van der Waals surface area contributed by atoms with Crippen LogP contribution in [0.15, 0.2) is 77.2 Å². The summed E-state index contributed by atoms with van der Waals surface area (Å²) >= 11 is 0. The first-order valence-corrected chi connectivity index (χ1v) is 12.5. The zero-order chi connectivity index (χ0) is 24.6. The number of fused-ring (bicyclic) bond motifs is 1. The van der Waals surface area contributed by atoms with Gasteiger partial charge in [-0.25, -0.2) is 0 Å². The summed E-state index contributed by atoms with van der Waals surface area (Å²) in [6, 6.07) is 23.9. The van der Waals surface area contributed by atoms with Gasteiger partial charge in [-0.2, -0.15) is 4.98 Å². The van der Waals surface area contributed by atoms with Crippen molar-refractivity contribution in [2.45, 2.75) is 26.2 Å². The van der Waals surface area contributed by atoms with E-state index in [1.165, 1.54) is 22.3 Å². The van der Waals surface area contributed by atoms with Gasteiger partial charge in [-0.3, -0.25) is 4.79 Å². The molecule has 5 nitrogen and oxygen atoms in total. The number of hydrogen-bond donors (Lipinski definition) is 1. The van der Waals surface area contributed by atoms with Crippen molar-refractivity contribution in [2.24, 2.45) is 5.92 Å². The first-order valence-electron chi connectivity index (χ1n) is 12.5. The van der Waals surface area contributed by atoms with E-state index in [0.29, 0.717) is 31.9 Å². The maximum absolute atomic E-state index is 11.4. The molecule has 1 aliphatic heterocycles. The highest BCUT2D eigenvalue weighted by Crippen LogP contribution is 2.40. The first-order chi connectivity index (χ1) is 17.6. The van der Waals surface area contributed by atoms with Gasteiger partial charge < -0.3 is 14.4 Å². The molecule has 0 radical (unpaired) electrons. The molecule has 0 bridgehead atoms. The molecule has 5 heteroatoms. The van der Waals surface area contributed by atoms with Crippen LogP contribution in [0.5, 0.6) is 0 Å². The number of nitrogens with zero attached hydrogens (tertiary/aromatic N) is 2. The third kappa shape index (κ3) is 4.11. The Hall–Kier alpha value is -4.12. The van der Waals surface area contributed by atoms with Crippen LogP contribution in [0.4, 0.5) is 6.01 Å². The quantitative estimate of drug-likeness (QED) is 0.341. The summed E-state index contributed by atoms with van der Waals surface area (Å²) in [5.41, 5.74) is 8.90. The molecule has 0 spiro atoms. The maximum Gasteiger partial charge on any atom is 0.306 e. The lowest BCUT2D eigenvalue weighted by Crippen LogP contribution is -2.36. The van der Waals surface area contributed by atoms with Gasteiger partial charge in [-0.1, -0.05) is 84.4 Å². The van der Waals surface area contributed by atoms with Crippen molar-refractivity contribution >= 4 is 18.1 Å². The highest BCUT2D eigenvalue weighted by molar-refractivity contribution is 5.86. The number of anilines is 1. The van der Waals surface area contributed by atoms with Gasteiger partial charge in [-0.15, -0.1) is 0 Å². The summed E-state index contributed by atoms with van der Waals surface area (Å²) in [7, 11) is 0. The van der Waals surface area contributed by atoms with Crippen LogP contribution in [0.3, 0.4) is 0 Å². The Bertz CT molecular complexity index is 1440. The summed E-state index contributed by atoms with van der Waals surface area (Å²) in [4.78, 5) is 18.5. The van der Waals surface area contributed by atoms with Crippen LogP contribution >= 0.6 is 0 Å². The van der Waals surface area contributed by atoms with Gasteiger partial charge in [-0.05, 0) is 48.4 Å². The van der Waals surface area contributed by atoms with Gasteiger partial charge in [0.2, 0.25) is 0 Å². The third-order valence-corrected chi connectivity index (χ3v) is 7.34. The third-order valence-electron chi connectivity index (χ3n) is 7.34. The molecule has 4 aromatic rings. The number of carbonyl (C=O) groups is 1. The van der Waals surface area contributed by atoms with Crippen molar-refractivity contribution in [1.29, 1.82) is 0 Å². The largest absolute Gasteiger partial charge is 0.481 e. The number of carboxylic acids is 1. The number of benzene rings is 3. The van der Waals surface area contributed by atoms with Crippen molar-refractivity contribution in [2.75, 3.05) is 18.0 Å². The second-order valence-electron chi connectivity index (χ2n) is 9.70. The Morgan fingerprint density at radius 3 is 2.31 bits per heavy atom. The van der Waals surface area contributed by atoms with Crippen LogP contribution in [0, 0.1) is 12.8 Å². The molecular formula is C31H28N2O3. The van der Waals surface area contributed by atoms with E-state index in [1.807, 2.05) is 0 Å². The zero-order valence-corrected chi connectivity index (χ0v) is 20.3. The van der Waals surface area contributed by atoms with E-state index < -0.39 is 5.97 Å². The predicted molar refractivity (Wildman–Crippen MR) is 143 cm³/mol. The highest BCUT2D eigenvalue weighted by atomic mass is 16.4. The molecule has 1 aromatic heterocycles. The number of oxazole rings is 1. The Kier molecular flexibility index (Phi) is 5.68. The molecule has 6 rings (SSSR count). The number of aromatic nitrogens is 1. The minimum Gasteiger partial charge on any atom is -0.481 e. The fourth-order valence-corrected chi connectivity index (χ4v) is 5.20. The maximum atomic E-state index is 11.4. The smallest absolute Gasteiger partial charge is 0.306 e. The van der Waals surface area contributed by atoms with Crippen LogP contribution in [-0.2, 0) is 11.2 Å². The number of rotatable bonds is 5. The summed E-state index contributed by atoms with van der Waals surface area (Å²) in [5.74, 6) is -0.257. The molecule has 1 aliphatic carbocycles. The van der Waals surface area contributed by atoms with Gasteiger partial charge in [0.25, 0.3) is 6.01 Å². The lowest BCUT2D eigenvalue weighted by molar-refractivity contribution is -0.142. The van der Waals surface area contributed by atoms with Crippen molar-refractivity contribution in [3.63, 3.8) is 0 Å². The standard InChI is InChI=1S/C31H28N2O3/c1-20-8-10-21(11-9-20)22-12-14-24(15-13-22)28-29(27-7-3-5-23-4-2-6-26(23)27)36-31(32-28)33-18-16-25(17-19-33)30(34)35/h2-3,5-15,25H,4,16-19H2,1H3,(H,34,35). The average Bonchev–Trinajstić information content (AvgIpc) is 3.57. The topological polar surface area (TPSA) is 66.6 Å². The second-order valence-corrected chi connectivity index (χ2v) is 9.70. The second kappa shape index (κ2) is 9.15. The molecular weight excluding hydrogens is 448 g/mol. The Balaban J connectivity index is 1.39. The number of hydrogen-bond acceptors (Lipinski definition) is 4. The van der Waals surface area contributed by atoms with Gasteiger partial charge in [0.1, 0.15) is 5.69 Å². The summed E-state index contributed by atoms with van der Waals surface area (Å²) in [5, 5.41) is 9.38. The molecule has 0 amide bonds. The number of piperidine rings is 1. The molecule has 2 heterocycles. The number of allylic oxidation sites excluding steroid dienone is 1. The molecule has 2 aliphatic rings. The zero-order valence-electron chi connectivity index (χ0n) is 20.3. The first kappa shape index (κ1) is 22.4. The van der Waals surface area contributed by atoms with Crippen molar-refractivity contribution in [1.82, 2.24) is 4.98 Å². The molecule has 3 aromatic carbocycles. The summed E-state index contributed by atoms with van der Waals surface area (Å²) in [6.07, 6.45) is 6.45. The van der Waals surface area contributed by atoms with Gasteiger partial charge in [0.05, 0.1) is 5.92 Å². The fraction of sp³-hybridized carbons (Fsp3) is 0.226. The monoisotopic (exact) mass is 476 g/mol. The molecule has 0 unspecified atom stereocenters. The number of aryl methyl sites for hydroxylation is 1. The highest BCUT2D eigenvalue weighted by Gasteiger charge is 2.29. The minimum absolute atomic E-state index is 0.299. The van der Waals surface area contributed by atoms with Gasteiger partial charge in [0.15, 0.2) is 5.76 Å². The van der Waals surface area contributed by atoms with E-state index in [1.54, 1.807) is 0 Å². The van der Waals surface area contributed by atoms with Gasteiger partial charge >= 0.3 is 5.97 Å². The number of aliphatic carboxylic acids is 1. The van der Waals surface area contributed by atoms with Crippen LogP contribution < -0.4 is 4.90 Å². The van der Waals surface area contributed by atoms with E-state index in [9.17, 15) is 9.90 Å². The van der Waals surface area contributed by atoms with Crippen LogP contribution in [0.2, 0.25) is 0 Å². The predicted octanol–water partition coefficient (Wildman–Crippen LogP) is 6.85.